The number of aldehydes is 1. The number of anilines is 3. The third-order valence-corrected chi connectivity index (χ3v) is 7.09. The predicted octanol–water partition coefficient (Wildman–Crippen LogP) is 4.95. The van der Waals surface area contributed by atoms with Crippen LogP contribution in [-0.4, -0.2) is 65.2 Å². The van der Waals surface area contributed by atoms with Crippen molar-refractivity contribution < 1.29 is 19.0 Å². The molecule has 0 radical (unpaired) electrons. The van der Waals surface area contributed by atoms with E-state index in [1.807, 2.05) is 18.2 Å². The van der Waals surface area contributed by atoms with Gasteiger partial charge in [0.15, 0.2) is 0 Å². The molecule has 0 aliphatic carbocycles. The lowest BCUT2D eigenvalue weighted by atomic mass is 10.00. The average Bonchev–Trinajstić information content (AvgIpc) is 3.14. The molecule has 2 saturated heterocycles. The Kier molecular flexibility index (Phi) is 8.91. The van der Waals surface area contributed by atoms with Gasteiger partial charge in [-0.2, -0.15) is 0 Å². The van der Waals surface area contributed by atoms with Crippen LogP contribution in [-0.2, 0) is 4.79 Å². The van der Waals surface area contributed by atoms with Gasteiger partial charge in [-0.1, -0.05) is 17.7 Å². The van der Waals surface area contributed by atoms with Crippen molar-refractivity contribution in [1.29, 1.82) is 0 Å². The van der Waals surface area contributed by atoms with E-state index in [0.717, 1.165) is 42.3 Å². The molecule has 0 saturated carbocycles. The summed E-state index contributed by atoms with van der Waals surface area (Å²) in [6, 6.07) is 9.20. The van der Waals surface area contributed by atoms with Crippen molar-refractivity contribution >= 4 is 46.0 Å². The van der Waals surface area contributed by atoms with Gasteiger partial charge < -0.3 is 20.5 Å². The molecular weight excluding hydrogens is 497 g/mol. The van der Waals surface area contributed by atoms with E-state index in [0.29, 0.717) is 29.3 Å². The van der Waals surface area contributed by atoms with E-state index in [9.17, 15) is 14.3 Å². The lowest BCUT2D eigenvalue weighted by molar-refractivity contribution is -0.104. The summed E-state index contributed by atoms with van der Waals surface area (Å²) in [5.74, 6) is 0.818. The Morgan fingerprint density at radius 2 is 1.97 bits per heavy atom. The van der Waals surface area contributed by atoms with Crippen LogP contribution in [0.4, 0.5) is 21.6 Å². The molecule has 10 heteroatoms. The number of aromatic nitrogens is 2. The number of ether oxygens (including phenoxy) is 1. The summed E-state index contributed by atoms with van der Waals surface area (Å²) in [5, 5.41) is 16.6. The van der Waals surface area contributed by atoms with E-state index in [2.05, 4.69) is 25.5 Å². The minimum absolute atomic E-state index is 0.0472. The van der Waals surface area contributed by atoms with Crippen LogP contribution in [0.3, 0.4) is 0 Å². The molecule has 5 rings (SSSR count). The summed E-state index contributed by atoms with van der Waals surface area (Å²) in [4.78, 5) is 21.1. The van der Waals surface area contributed by atoms with Gasteiger partial charge in [-0.05, 0) is 56.0 Å². The summed E-state index contributed by atoms with van der Waals surface area (Å²) < 4.78 is 18.6. The van der Waals surface area contributed by atoms with Gasteiger partial charge in [-0.3, -0.25) is 9.69 Å². The van der Waals surface area contributed by atoms with Gasteiger partial charge in [0.2, 0.25) is 0 Å². The Balaban J connectivity index is 0.000000195. The molecule has 8 nitrogen and oxygen atoms in total. The lowest BCUT2D eigenvalue weighted by Crippen LogP contribution is -2.44. The topological polar surface area (TPSA) is 99.6 Å². The van der Waals surface area contributed by atoms with Crippen LogP contribution >= 0.6 is 11.6 Å². The molecule has 2 aliphatic heterocycles. The lowest BCUT2D eigenvalue weighted by Gasteiger charge is -2.36. The number of hydrogen-bond donors (Lipinski definition) is 3. The van der Waals surface area contributed by atoms with Crippen LogP contribution in [0.2, 0.25) is 5.02 Å². The Morgan fingerprint density at radius 3 is 2.62 bits per heavy atom. The number of nitrogens with zero attached hydrogens (tertiary/aromatic N) is 3. The van der Waals surface area contributed by atoms with Crippen LogP contribution < -0.4 is 15.4 Å². The van der Waals surface area contributed by atoms with E-state index < -0.39 is 5.82 Å². The minimum atomic E-state index is -0.466. The Hall–Kier alpha value is -3.27. The first-order chi connectivity index (χ1) is 17.9. The summed E-state index contributed by atoms with van der Waals surface area (Å²) in [6.45, 7) is 0.862. The number of methoxy groups -OCH3 is 1. The normalized spacial score (nSPS) is 20.9. The molecule has 2 fully saturated rings. The monoisotopic (exact) mass is 527 g/mol. The number of nitrogens with one attached hydrogen (secondary N) is 2. The number of aliphatic hydroxyl groups is 1. The maximum atomic E-state index is 13.3. The maximum Gasteiger partial charge on any atom is 0.144 e. The Bertz CT molecular complexity index is 1260. The molecule has 1 aromatic heterocycles. The molecule has 2 bridgehead atoms. The number of rotatable bonds is 7. The number of fused-ring (bicyclic) bond motifs is 3. The SMILES string of the molecule is CNc1cc2c(Nc3ccc(F)c(Cl)c3)ncnc2cc1OC.O=C/C=C/CN1C2CCC1CC(O)C2. The first kappa shape index (κ1) is 26.8. The third kappa shape index (κ3) is 6.36. The number of benzene rings is 2. The second-order valence-electron chi connectivity index (χ2n) is 9.07. The van der Waals surface area contributed by atoms with Gasteiger partial charge in [-0.15, -0.1) is 0 Å². The highest BCUT2D eigenvalue weighted by molar-refractivity contribution is 6.31. The van der Waals surface area contributed by atoms with Gasteiger partial charge in [0.25, 0.3) is 0 Å². The summed E-state index contributed by atoms with van der Waals surface area (Å²) in [5.41, 5.74) is 2.18. The highest BCUT2D eigenvalue weighted by Gasteiger charge is 2.39. The van der Waals surface area contributed by atoms with Gasteiger partial charge >= 0.3 is 0 Å². The van der Waals surface area contributed by atoms with Gasteiger partial charge in [-0.25, -0.2) is 14.4 Å². The number of piperidine rings is 1. The molecule has 3 N–H and O–H groups in total. The number of halogens is 2. The largest absolute Gasteiger partial charge is 0.495 e. The molecule has 0 amide bonds. The predicted molar refractivity (Wildman–Crippen MR) is 144 cm³/mol. The first-order valence-electron chi connectivity index (χ1n) is 12.2. The molecule has 37 heavy (non-hydrogen) atoms. The highest BCUT2D eigenvalue weighted by atomic mass is 35.5. The highest BCUT2D eigenvalue weighted by Crippen LogP contribution is 2.35. The second kappa shape index (κ2) is 12.3. The van der Waals surface area contributed by atoms with E-state index >= 15 is 0 Å². The van der Waals surface area contributed by atoms with Gasteiger partial charge in [0.1, 0.15) is 30.0 Å². The summed E-state index contributed by atoms with van der Waals surface area (Å²) >= 11 is 5.81. The number of carbonyl (C=O) groups is 1. The molecule has 2 unspecified atom stereocenters. The number of aliphatic hydroxyl groups excluding tert-OH is 1. The van der Waals surface area contributed by atoms with Crippen molar-refractivity contribution in [2.75, 3.05) is 31.3 Å². The number of carbonyl (C=O) groups excluding carboxylic acids is 1. The summed E-state index contributed by atoms with van der Waals surface area (Å²) in [7, 11) is 3.41. The average molecular weight is 528 g/mol. The number of hydrogen-bond acceptors (Lipinski definition) is 8. The van der Waals surface area contributed by atoms with Crippen LogP contribution in [0.25, 0.3) is 10.9 Å². The third-order valence-electron chi connectivity index (χ3n) is 6.80. The molecular formula is C27H31ClFN5O3. The fraction of sp³-hybridized carbons (Fsp3) is 0.370. The molecule has 3 aromatic rings. The molecule has 196 valence electrons. The van der Waals surface area contributed by atoms with Crippen LogP contribution in [0.1, 0.15) is 25.7 Å². The quantitative estimate of drug-likeness (QED) is 0.293. The zero-order chi connectivity index (χ0) is 26.4. The van der Waals surface area contributed by atoms with Gasteiger partial charge in [0, 0.05) is 42.8 Å². The number of allylic oxidation sites excluding steroid dienone is 1. The van der Waals surface area contributed by atoms with E-state index in [1.165, 1.54) is 31.3 Å². The van der Waals surface area contributed by atoms with E-state index in [4.69, 9.17) is 16.3 Å². The Morgan fingerprint density at radius 1 is 1.22 bits per heavy atom. The fourth-order valence-corrected chi connectivity index (χ4v) is 5.22. The van der Waals surface area contributed by atoms with Crippen molar-refractivity contribution in [3.8, 4) is 5.75 Å². The van der Waals surface area contributed by atoms with Crippen molar-refractivity contribution in [1.82, 2.24) is 14.9 Å². The van der Waals surface area contributed by atoms with Crippen LogP contribution in [0.15, 0.2) is 48.8 Å². The molecule has 2 atom stereocenters. The van der Waals surface area contributed by atoms with E-state index in [1.54, 1.807) is 26.3 Å². The minimum Gasteiger partial charge on any atom is -0.495 e. The van der Waals surface area contributed by atoms with Gasteiger partial charge in [0.05, 0.1) is 29.4 Å². The van der Waals surface area contributed by atoms with Crippen LogP contribution in [0, 0.1) is 5.82 Å². The first-order valence-corrected chi connectivity index (χ1v) is 12.6. The van der Waals surface area contributed by atoms with Crippen molar-refractivity contribution in [3.05, 3.63) is 59.7 Å². The molecule has 2 aliphatic rings. The smallest absolute Gasteiger partial charge is 0.144 e. The van der Waals surface area contributed by atoms with Crippen molar-refractivity contribution in [2.45, 2.75) is 43.9 Å². The fourth-order valence-electron chi connectivity index (χ4n) is 5.04. The standard InChI is InChI=1S/C16H14ClFN4O.C11H17NO2/c1-19-14-6-10-13(7-15(14)23-2)20-8-21-16(10)22-9-3-4-12(18)11(17)5-9;13-6-2-1-5-12-9-3-4-10(12)8-11(14)7-9/h3-8,19H,1-2H3,(H,20,21,22);1-2,6,9-11,14H,3-5,7-8H2/b;2-1+. The van der Waals surface area contributed by atoms with E-state index in [-0.39, 0.29) is 11.1 Å². The zero-order valence-electron chi connectivity index (χ0n) is 20.8. The maximum absolute atomic E-state index is 13.3. The summed E-state index contributed by atoms with van der Waals surface area (Å²) in [6.07, 6.45) is 9.87. The Labute approximate surface area is 220 Å². The van der Waals surface area contributed by atoms with Crippen LogP contribution in [0.5, 0.6) is 5.75 Å². The molecule has 0 spiro atoms. The molecule has 3 heterocycles. The second-order valence-corrected chi connectivity index (χ2v) is 9.47. The zero-order valence-corrected chi connectivity index (χ0v) is 21.6. The van der Waals surface area contributed by atoms with Crippen molar-refractivity contribution in [2.24, 2.45) is 0 Å². The van der Waals surface area contributed by atoms with Crippen molar-refractivity contribution in [3.63, 3.8) is 0 Å². The molecule has 2 aromatic carbocycles.